The second-order valence-corrected chi connectivity index (χ2v) is 6.39. The van der Waals surface area contributed by atoms with Crippen LogP contribution in [0.5, 0.6) is 0 Å². The quantitative estimate of drug-likeness (QED) is 0.765. The molecule has 2 amide bonds. The lowest BCUT2D eigenvalue weighted by Crippen LogP contribution is -2.19. The van der Waals surface area contributed by atoms with E-state index in [1.165, 1.54) is 16.0 Å². The van der Waals surface area contributed by atoms with Gasteiger partial charge in [0.2, 0.25) is 0 Å². The van der Waals surface area contributed by atoms with Gasteiger partial charge in [0.15, 0.2) is 0 Å². The molecule has 0 saturated heterocycles. The Bertz CT molecular complexity index is 893. The third-order valence-electron chi connectivity index (χ3n) is 3.62. The van der Waals surface area contributed by atoms with Crippen LogP contribution >= 0.6 is 11.3 Å². The van der Waals surface area contributed by atoms with Crippen LogP contribution in [0.3, 0.4) is 0 Å². The van der Waals surface area contributed by atoms with Crippen LogP contribution in [-0.4, -0.2) is 21.6 Å². The first-order valence-corrected chi connectivity index (χ1v) is 8.08. The molecule has 0 aliphatic heterocycles. The first kappa shape index (κ1) is 15.9. The smallest absolute Gasteiger partial charge is 0.274 e. The van der Waals surface area contributed by atoms with E-state index in [1.54, 1.807) is 26.2 Å². The predicted octanol–water partition coefficient (Wildman–Crippen LogP) is 2.81. The highest BCUT2D eigenvalue weighted by molar-refractivity contribution is 7.20. The molecule has 0 saturated carbocycles. The Kier molecular flexibility index (Phi) is 4.18. The van der Waals surface area contributed by atoms with Gasteiger partial charge in [0, 0.05) is 11.9 Å². The minimum absolute atomic E-state index is 0.298. The van der Waals surface area contributed by atoms with E-state index >= 15 is 0 Å². The predicted molar refractivity (Wildman–Crippen MR) is 94.2 cm³/mol. The van der Waals surface area contributed by atoms with Crippen molar-refractivity contribution in [2.75, 3.05) is 5.32 Å². The summed E-state index contributed by atoms with van der Waals surface area (Å²) in [5.74, 6) is -0.901. The molecule has 0 spiro atoms. The minimum atomic E-state index is -0.578. The van der Waals surface area contributed by atoms with E-state index in [2.05, 4.69) is 10.4 Å². The summed E-state index contributed by atoms with van der Waals surface area (Å²) < 4.78 is 1.50. The maximum atomic E-state index is 12.5. The molecule has 0 aliphatic rings. The van der Waals surface area contributed by atoms with Gasteiger partial charge in [0.05, 0.1) is 11.8 Å². The van der Waals surface area contributed by atoms with Gasteiger partial charge in [-0.2, -0.15) is 5.10 Å². The fourth-order valence-electron chi connectivity index (χ4n) is 2.45. The normalized spacial score (nSPS) is 10.6. The molecule has 0 radical (unpaired) electrons. The lowest BCUT2D eigenvalue weighted by atomic mass is 10.1. The van der Waals surface area contributed by atoms with Crippen molar-refractivity contribution in [3.05, 3.63) is 59.4 Å². The van der Waals surface area contributed by atoms with Gasteiger partial charge < -0.3 is 11.1 Å². The molecule has 0 aliphatic carbocycles. The van der Waals surface area contributed by atoms with E-state index < -0.39 is 5.91 Å². The van der Waals surface area contributed by atoms with E-state index in [4.69, 9.17) is 5.73 Å². The van der Waals surface area contributed by atoms with E-state index in [9.17, 15) is 9.59 Å². The zero-order valence-electron chi connectivity index (χ0n) is 13.2. The van der Waals surface area contributed by atoms with Gasteiger partial charge in [-0.25, -0.2) is 0 Å². The Morgan fingerprint density at radius 3 is 2.54 bits per heavy atom. The fraction of sp³-hybridized carbons (Fsp3) is 0.118. The number of carbonyl (C=O) groups is 2. The molecule has 3 rings (SSSR count). The van der Waals surface area contributed by atoms with Crippen molar-refractivity contribution >= 4 is 28.2 Å². The number of primary amides is 1. The summed E-state index contributed by atoms with van der Waals surface area (Å²) in [5, 5.41) is 7.28. The number of anilines is 1. The number of hydrogen-bond donors (Lipinski definition) is 2. The molecule has 7 heteroatoms. The zero-order valence-corrected chi connectivity index (χ0v) is 14.1. The summed E-state index contributed by atoms with van der Waals surface area (Å²) in [5.41, 5.74) is 7.92. The zero-order chi connectivity index (χ0) is 17.3. The highest BCUT2D eigenvalue weighted by atomic mass is 32.1. The van der Waals surface area contributed by atoms with Crippen molar-refractivity contribution in [1.82, 2.24) is 9.78 Å². The fourth-order valence-corrected chi connectivity index (χ4v) is 3.51. The molecule has 0 unspecified atom stereocenters. The summed E-state index contributed by atoms with van der Waals surface area (Å²) >= 11 is 1.32. The number of nitrogens with zero attached hydrogens (tertiary/aromatic N) is 2. The van der Waals surface area contributed by atoms with E-state index in [0.29, 0.717) is 16.3 Å². The van der Waals surface area contributed by atoms with E-state index in [0.717, 1.165) is 16.0 Å². The Balaban J connectivity index is 1.97. The minimum Gasteiger partial charge on any atom is -0.366 e. The topological polar surface area (TPSA) is 90.0 Å². The average molecular weight is 340 g/mol. The summed E-state index contributed by atoms with van der Waals surface area (Å²) in [6.45, 7) is 1.81. The number of aromatic nitrogens is 2. The van der Waals surface area contributed by atoms with Crippen LogP contribution < -0.4 is 11.1 Å². The Hall–Kier alpha value is -2.93. The van der Waals surface area contributed by atoms with Gasteiger partial charge in [0.1, 0.15) is 10.7 Å². The summed E-state index contributed by atoms with van der Waals surface area (Å²) in [4.78, 5) is 25.1. The Morgan fingerprint density at radius 2 is 1.96 bits per heavy atom. The lowest BCUT2D eigenvalue weighted by molar-refractivity contribution is 0.100. The second kappa shape index (κ2) is 6.29. The SMILES string of the molecule is Cc1cnn(C)c1C(=O)Nc1sc(-c2ccccc2)cc1C(N)=O. The highest BCUT2D eigenvalue weighted by Gasteiger charge is 2.20. The monoisotopic (exact) mass is 340 g/mol. The number of amides is 2. The van der Waals surface area contributed by atoms with Crippen molar-refractivity contribution in [3.8, 4) is 10.4 Å². The molecule has 0 atom stereocenters. The number of nitrogens with two attached hydrogens (primary N) is 1. The number of carbonyl (C=O) groups excluding carboxylic acids is 2. The highest BCUT2D eigenvalue weighted by Crippen LogP contribution is 2.35. The van der Waals surface area contributed by atoms with Gasteiger partial charge in [-0.1, -0.05) is 30.3 Å². The molecule has 24 heavy (non-hydrogen) atoms. The summed E-state index contributed by atoms with van der Waals surface area (Å²) in [7, 11) is 1.70. The first-order chi connectivity index (χ1) is 11.5. The van der Waals surface area contributed by atoms with Gasteiger partial charge in [-0.3, -0.25) is 14.3 Å². The van der Waals surface area contributed by atoms with Crippen LogP contribution in [0, 0.1) is 6.92 Å². The molecule has 1 aromatic carbocycles. The molecular formula is C17H16N4O2S. The largest absolute Gasteiger partial charge is 0.366 e. The molecule has 0 bridgehead atoms. The van der Waals surface area contributed by atoms with Crippen molar-refractivity contribution in [1.29, 1.82) is 0 Å². The van der Waals surface area contributed by atoms with E-state index in [1.807, 2.05) is 30.3 Å². The number of nitrogens with one attached hydrogen (secondary N) is 1. The van der Waals surface area contributed by atoms with Crippen molar-refractivity contribution in [3.63, 3.8) is 0 Å². The standard InChI is InChI=1S/C17H16N4O2S/c1-10-9-19-21(2)14(10)16(23)20-17-12(15(18)22)8-13(24-17)11-6-4-3-5-7-11/h3-9H,1-2H3,(H2,18,22)(H,20,23). The number of benzene rings is 1. The number of thiophene rings is 1. The van der Waals surface area contributed by atoms with Crippen LogP contribution in [0.25, 0.3) is 10.4 Å². The van der Waals surface area contributed by atoms with Gasteiger partial charge in [-0.15, -0.1) is 11.3 Å². The van der Waals surface area contributed by atoms with E-state index in [-0.39, 0.29) is 5.91 Å². The van der Waals surface area contributed by atoms with Crippen molar-refractivity contribution in [2.24, 2.45) is 12.8 Å². The Morgan fingerprint density at radius 1 is 1.25 bits per heavy atom. The van der Waals surface area contributed by atoms with Crippen LogP contribution in [0.1, 0.15) is 26.4 Å². The van der Waals surface area contributed by atoms with Crippen molar-refractivity contribution < 1.29 is 9.59 Å². The molecule has 0 fully saturated rings. The van der Waals surface area contributed by atoms with Crippen LogP contribution in [-0.2, 0) is 7.05 Å². The third-order valence-corrected chi connectivity index (χ3v) is 4.72. The lowest BCUT2D eigenvalue weighted by Gasteiger charge is -2.06. The number of aryl methyl sites for hydroxylation is 2. The maximum Gasteiger partial charge on any atom is 0.274 e. The summed E-state index contributed by atoms with van der Waals surface area (Å²) in [6.07, 6.45) is 1.62. The van der Waals surface area contributed by atoms with Crippen LogP contribution in [0.15, 0.2) is 42.6 Å². The number of hydrogen-bond acceptors (Lipinski definition) is 4. The molecule has 6 nitrogen and oxygen atoms in total. The van der Waals surface area contributed by atoms with Crippen LogP contribution in [0.2, 0.25) is 0 Å². The van der Waals surface area contributed by atoms with Gasteiger partial charge >= 0.3 is 0 Å². The molecular weight excluding hydrogens is 324 g/mol. The Labute approximate surface area is 142 Å². The van der Waals surface area contributed by atoms with Gasteiger partial charge in [-0.05, 0) is 24.1 Å². The maximum absolute atomic E-state index is 12.5. The second-order valence-electron chi connectivity index (χ2n) is 5.34. The summed E-state index contributed by atoms with van der Waals surface area (Å²) in [6, 6.07) is 11.3. The molecule has 3 aromatic rings. The van der Waals surface area contributed by atoms with Crippen LogP contribution in [0.4, 0.5) is 5.00 Å². The number of rotatable bonds is 4. The average Bonchev–Trinajstić information content (AvgIpc) is 3.12. The molecule has 2 aromatic heterocycles. The molecule has 3 N–H and O–H groups in total. The van der Waals surface area contributed by atoms with Gasteiger partial charge in [0.25, 0.3) is 11.8 Å². The molecule has 122 valence electrons. The van der Waals surface area contributed by atoms with Crippen molar-refractivity contribution in [2.45, 2.75) is 6.92 Å². The third kappa shape index (κ3) is 2.93. The molecule has 2 heterocycles. The first-order valence-electron chi connectivity index (χ1n) is 7.26.